The topological polar surface area (TPSA) is 54.0 Å². The summed E-state index contributed by atoms with van der Waals surface area (Å²) in [4.78, 5) is 11.4. The van der Waals surface area contributed by atoms with E-state index in [1.807, 2.05) is 0 Å². The van der Waals surface area contributed by atoms with Crippen molar-refractivity contribution < 1.29 is 22.8 Å². The Morgan fingerprint density at radius 3 is 1.95 bits per heavy atom. The van der Waals surface area contributed by atoms with Crippen molar-refractivity contribution >= 4 is 14.8 Å². The first-order valence-corrected chi connectivity index (χ1v) is 10.1. The van der Waals surface area contributed by atoms with Crippen molar-refractivity contribution in [1.29, 1.82) is 0 Å². The molecule has 0 unspecified atom stereocenters. The van der Waals surface area contributed by atoms with Gasteiger partial charge in [0.1, 0.15) is 0 Å². The second-order valence-corrected chi connectivity index (χ2v) is 8.16. The molecule has 0 saturated carbocycles. The SMILES string of the molecule is C=C(C)C(=O)OCCC[Si](OC)(OCCCC)OCCCC. The maximum absolute atomic E-state index is 11.4. The highest BCUT2D eigenvalue weighted by Gasteiger charge is 2.39. The van der Waals surface area contributed by atoms with E-state index in [1.165, 1.54) is 0 Å². The predicted octanol–water partition coefficient (Wildman–Crippen LogP) is 3.71. The molecule has 0 amide bonds. The van der Waals surface area contributed by atoms with Crippen LogP contribution in [-0.2, 0) is 22.8 Å². The molecule has 0 fully saturated rings. The summed E-state index contributed by atoms with van der Waals surface area (Å²) in [7, 11) is -1.01. The summed E-state index contributed by atoms with van der Waals surface area (Å²) >= 11 is 0. The molecule has 0 spiro atoms. The number of rotatable bonds is 14. The van der Waals surface area contributed by atoms with Gasteiger partial charge in [-0.25, -0.2) is 4.79 Å². The summed E-state index contributed by atoms with van der Waals surface area (Å²) in [5.41, 5.74) is 0.411. The Morgan fingerprint density at radius 2 is 1.55 bits per heavy atom. The molecule has 0 bridgehead atoms. The summed E-state index contributed by atoms with van der Waals surface area (Å²) in [6, 6.07) is 0.653. The second kappa shape index (κ2) is 12.8. The van der Waals surface area contributed by atoms with Crippen molar-refractivity contribution in [2.75, 3.05) is 26.9 Å². The molecule has 0 N–H and O–H groups in total. The molecule has 0 heterocycles. The summed E-state index contributed by atoms with van der Waals surface area (Å²) in [6.45, 7) is 11.1. The van der Waals surface area contributed by atoms with Gasteiger partial charge in [0.15, 0.2) is 0 Å². The molecule has 0 rings (SSSR count). The average molecular weight is 333 g/mol. The Bertz CT molecular complexity index is 310. The van der Waals surface area contributed by atoms with Gasteiger partial charge in [0.05, 0.1) is 6.61 Å². The van der Waals surface area contributed by atoms with E-state index in [4.69, 9.17) is 18.0 Å². The van der Waals surface area contributed by atoms with E-state index in [0.29, 0.717) is 37.9 Å². The minimum Gasteiger partial charge on any atom is -0.462 e. The quantitative estimate of drug-likeness (QED) is 0.210. The Morgan fingerprint density at radius 1 is 1.00 bits per heavy atom. The third-order valence-electron chi connectivity index (χ3n) is 3.16. The molecule has 0 aromatic heterocycles. The number of hydrogen-bond acceptors (Lipinski definition) is 5. The fourth-order valence-corrected chi connectivity index (χ4v) is 4.03. The summed E-state index contributed by atoms with van der Waals surface area (Å²) < 4.78 is 22.6. The monoisotopic (exact) mass is 332 g/mol. The van der Waals surface area contributed by atoms with E-state index in [9.17, 15) is 4.79 Å². The number of carbonyl (C=O) groups is 1. The van der Waals surface area contributed by atoms with Crippen LogP contribution in [0.5, 0.6) is 0 Å². The van der Waals surface area contributed by atoms with Crippen LogP contribution in [0.25, 0.3) is 0 Å². The third-order valence-corrected chi connectivity index (χ3v) is 6.04. The molecule has 0 aliphatic heterocycles. The number of hydrogen-bond donors (Lipinski definition) is 0. The molecule has 0 aliphatic carbocycles. The molecule has 22 heavy (non-hydrogen) atoms. The fourth-order valence-electron chi connectivity index (χ4n) is 1.73. The van der Waals surface area contributed by atoms with Gasteiger partial charge in [0, 0.05) is 31.9 Å². The lowest BCUT2D eigenvalue weighted by atomic mass is 10.4. The molecule has 5 nitrogen and oxygen atoms in total. The summed E-state index contributed by atoms with van der Waals surface area (Å²) in [6.07, 6.45) is 4.77. The Kier molecular flexibility index (Phi) is 12.4. The Hall–Kier alpha value is -0.693. The largest absolute Gasteiger partial charge is 0.500 e. The minimum atomic E-state index is -2.66. The second-order valence-electron chi connectivity index (χ2n) is 5.31. The van der Waals surface area contributed by atoms with Crippen molar-refractivity contribution in [3.05, 3.63) is 12.2 Å². The molecular weight excluding hydrogens is 300 g/mol. The Labute approximate surface area is 136 Å². The van der Waals surface area contributed by atoms with Crippen molar-refractivity contribution in [2.45, 2.75) is 58.9 Å². The van der Waals surface area contributed by atoms with Crippen LogP contribution in [0.3, 0.4) is 0 Å². The minimum absolute atomic E-state index is 0.331. The highest BCUT2D eigenvalue weighted by atomic mass is 28.4. The molecule has 0 aromatic carbocycles. The molecule has 0 atom stereocenters. The Balaban J connectivity index is 4.35. The molecule has 0 aliphatic rings. The van der Waals surface area contributed by atoms with Crippen molar-refractivity contribution in [3.8, 4) is 0 Å². The number of esters is 1. The van der Waals surface area contributed by atoms with Gasteiger partial charge in [-0.1, -0.05) is 33.3 Å². The molecule has 6 heteroatoms. The normalized spacial score (nSPS) is 11.5. The first kappa shape index (κ1) is 21.3. The standard InChI is InChI=1S/C16H32O5Si/c1-6-8-12-20-22(18-5,21-13-9-7-2)14-10-11-19-16(17)15(3)4/h3,6-14H2,1-2,4-5H3. The van der Waals surface area contributed by atoms with Crippen LogP contribution in [-0.4, -0.2) is 41.7 Å². The lowest BCUT2D eigenvalue weighted by Crippen LogP contribution is -2.45. The zero-order valence-corrected chi connectivity index (χ0v) is 15.6. The number of carbonyl (C=O) groups excluding carboxylic acids is 1. The first-order chi connectivity index (χ1) is 10.5. The van der Waals surface area contributed by atoms with Crippen molar-refractivity contribution in [3.63, 3.8) is 0 Å². The van der Waals surface area contributed by atoms with E-state index >= 15 is 0 Å². The van der Waals surface area contributed by atoms with Gasteiger partial charge in [-0.15, -0.1) is 0 Å². The van der Waals surface area contributed by atoms with Gasteiger partial charge >= 0.3 is 14.8 Å². The summed E-state index contributed by atoms with van der Waals surface area (Å²) in [5.74, 6) is -0.358. The predicted molar refractivity (Wildman–Crippen MR) is 89.7 cm³/mol. The van der Waals surface area contributed by atoms with E-state index in [-0.39, 0.29) is 5.97 Å². The number of ether oxygens (including phenoxy) is 1. The van der Waals surface area contributed by atoms with E-state index in [1.54, 1.807) is 14.0 Å². The van der Waals surface area contributed by atoms with Gasteiger partial charge in [0.2, 0.25) is 0 Å². The molecular formula is C16H32O5Si. The van der Waals surface area contributed by atoms with Gasteiger partial charge in [-0.3, -0.25) is 0 Å². The van der Waals surface area contributed by atoms with E-state index in [0.717, 1.165) is 25.7 Å². The number of unbranched alkanes of at least 4 members (excludes halogenated alkanes) is 2. The maximum atomic E-state index is 11.4. The van der Waals surface area contributed by atoms with Crippen LogP contribution in [0.1, 0.15) is 52.9 Å². The van der Waals surface area contributed by atoms with Crippen LogP contribution in [0.2, 0.25) is 6.04 Å². The van der Waals surface area contributed by atoms with Gasteiger partial charge in [-0.05, 0) is 26.2 Å². The van der Waals surface area contributed by atoms with Gasteiger partial charge in [0.25, 0.3) is 0 Å². The zero-order chi connectivity index (χ0) is 16.8. The van der Waals surface area contributed by atoms with Gasteiger partial charge < -0.3 is 18.0 Å². The van der Waals surface area contributed by atoms with Crippen LogP contribution in [0.15, 0.2) is 12.2 Å². The lowest BCUT2D eigenvalue weighted by Gasteiger charge is -2.28. The molecule has 0 saturated heterocycles. The van der Waals surface area contributed by atoms with E-state index in [2.05, 4.69) is 20.4 Å². The fraction of sp³-hybridized carbons (Fsp3) is 0.812. The molecule has 130 valence electrons. The maximum Gasteiger partial charge on any atom is 0.500 e. The highest BCUT2D eigenvalue weighted by Crippen LogP contribution is 2.18. The summed E-state index contributed by atoms with van der Waals surface area (Å²) in [5, 5.41) is 0. The molecule has 0 radical (unpaired) electrons. The highest BCUT2D eigenvalue weighted by molar-refractivity contribution is 6.60. The van der Waals surface area contributed by atoms with Gasteiger partial charge in [-0.2, -0.15) is 0 Å². The van der Waals surface area contributed by atoms with Crippen molar-refractivity contribution in [1.82, 2.24) is 0 Å². The van der Waals surface area contributed by atoms with Crippen LogP contribution in [0, 0.1) is 0 Å². The average Bonchev–Trinajstić information content (AvgIpc) is 2.51. The van der Waals surface area contributed by atoms with E-state index < -0.39 is 8.80 Å². The lowest BCUT2D eigenvalue weighted by molar-refractivity contribution is -0.139. The van der Waals surface area contributed by atoms with Crippen LogP contribution >= 0.6 is 0 Å². The smallest absolute Gasteiger partial charge is 0.462 e. The first-order valence-electron chi connectivity index (χ1n) is 8.17. The van der Waals surface area contributed by atoms with Crippen LogP contribution < -0.4 is 0 Å². The zero-order valence-electron chi connectivity index (χ0n) is 14.6. The molecule has 0 aromatic rings. The third kappa shape index (κ3) is 9.35. The van der Waals surface area contributed by atoms with Crippen molar-refractivity contribution in [2.24, 2.45) is 0 Å². The van der Waals surface area contributed by atoms with Crippen LogP contribution in [0.4, 0.5) is 0 Å².